The van der Waals surface area contributed by atoms with Gasteiger partial charge in [0, 0.05) is 18.3 Å². The predicted octanol–water partition coefficient (Wildman–Crippen LogP) is 2.43. The van der Waals surface area contributed by atoms with E-state index >= 15 is 0 Å². The Morgan fingerprint density at radius 3 is 2.90 bits per heavy atom. The summed E-state index contributed by atoms with van der Waals surface area (Å²) in [7, 11) is 0. The van der Waals surface area contributed by atoms with Crippen LogP contribution in [-0.2, 0) is 4.79 Å². The summed E-state index contributed by atoms with van der Waals surface area (Å²) in [5.41, 5.74) is 2.15. The lowest BCUT2D eigenvalue weighted by atomic mass is 10.0. The minimum Gasteiger partial charge on any atom is -0.325 e. The van der Waals surface area contributed by atoms with E-state index in [4.69, 9.17) is 0 Å². The molecule has 0 spiro atoms. The van der Waals surface area contributed by atoms with Gasteiger partial charge in [0.15, 0.2) is 0 Å². The monoisotopic (exact) mass is 289 g/mol. The van der Waals surface area contributed by atoms with Crippen molar-refractivity contribution >= 4 is 11.6 Å². The van der Waals surface area contributed by atoms with Crippen molar-refractivity contribution in [3.8, 4) is 0 Å². The molecule has 1 amide bonds. The van der Waals surface area contributed by atoms with Crippen LogP contribution in [0.5, 0.6) is 0 Å². The SMILES string of the molecule is CCN(CC(=O)Nc1cccc(C(C)C)c1)C1CCNC1. The molecule has 0 aromatic heterocycles. The van der Waals surface area contributed by atoms with E-state index in [1.807, 2.05) is 12.1 Å². The molecule has 0 radical (unpaired) electrons. The van der Waals surface area contributed by atoms with Crippen LogP contribution in [0.25, 0.3) is 0 Å². The molecule has 116 valence electrons. The number of nitrogens with zero attached hydrogens (tertiary/aromatic N) is 1. The third-order valence-electron chi connectivity index (χ3n) is 4.14. The van der Waals surface area contributed by atoms with Gasteiger partial charge in [0.2, 0.25) is 5.91 Å². The molecule has 1 unspecified atom stereocenters. The van der Waals surface area contributed by atoms with E-state index in [0.29, 0.717) is 18.5 Å². The van der Waals surface area contributed by atoms with Crippen LogP contribution in [-0.4, -0.2) is 43.0 Å². The van der Waals surface area contributed by atoms with E-state index < -0.39 is 0 Å². The zero-order valence-corrected chi connectivity index (χ0v) is 13.4. The van der Waals surface area contributed by atoms with Gasteiger partial charge in [0.1, 0.15) is 0 Å². The second-order valence-electron chi connectivity index (χ2n) is 6.04. The zero-order chi connectivity index (χ0) is 15.2. The standard InChI is InChI=1S/C17H27N3O/c1-4-20(16-8-9-18-11-16)12-17(21)19-15-7-5-6-14(10-15)13(2)3/h5-7,10,13,16,18H,4,8-9,11-12H2,1-3H3,(H,19,21). The third-order valence-corrected chi connectivity index (χ3v) is 4.14. The summed E-state index contributed by atoms with van der Waals surface area (Å²) in [5, 5.41) is 6.38. The number of hydrogen-bond donors (Lipinski definition) is 2. The van der Waals surface area contributed by atoms with Gasteiger partial charge in [0.05, 0.1) is 6.54 Å². The molecule has 1 aromatic carbocycles. The molecular formula is C17H27N3O. The van der Waals surface area contributed by atoms with Gasteiger partial charge in [-0.25, -0.2) is 0 Å². The highest BCUT2D eigenvalue weighted by Crippen LogP contribution is 2.18. The number of nitrogens with one attached hydrogen (secondary N) is 2. The molecule has 1 fully saturated rings. The highest BCUT2D eigenvalue weighted by Gasteiger charge is 2.22. The van der Waals surface area contributed by atoms with Crippen LogP contribution < -0.4 is 10.6 Å². The van der Waals surface area contributed by atoms with Crippen molar-refractivity contribution < 1.29 is 4.79 Å². The maximum atomic E-state index is 12.2. The number of rotatable bonds is 6. The number of amides is 1. The van der Waals surface area contributed by atoms with Gasteiger partial charge >= 0.3 is 0 Å². The fourth-order valence-electron chi connectivity index (χ4n) is 2.81. The molecule has 4 nitrogen and oxygen atoms in total. The molecule has 4 heteroatoms. The van der Waals surface area contributed by atoms with Crippen molar-refractivity contribution in [3.63, 3.8) is 0 Å². The Labute approximate surface area is 127 Å². The van der Waals surface area contributed by atoms with Gasteiger partial charge in [-0.2, -0.15) is 0 Å². The fourth-order valence-corrected chi connectivity index (χ4v) is 2.81. The molecule has 2 rings (SSSR count). The van der Waals surface area contributed by atoms with E-state index in [2.05, 4.69) is 48.4 Å². The first-order valence-electron chi connectivity index (χ1n) is 7.94. The number of likely N-dealkylation sites (N-methyl/N-ethyl adjacent to an activating group) is 1. The van der Waals surface area contributed by atoms with Crippen LogP contribution in [0.1, 0.15) is 38.7 Å². The number of benzene rings is 1. The lowest BCUT2D eigenvalue weighted by molar-refractivity contribution is -0.117. The summed E-state index contributed by atoms with van der Waals surface area (Å²) >= 11 is 0. The normalized spacial score (nSPS) is 18.4. The average molecular weight is 289 g/mol. The molecular weight excluding hydrogens is 262 g/mol. The first kappa shape index (κ1) is 16.0. The molecule has 0 bridgehead atoms. The van der Waals surface area contributed by atoms with E-state index in [1.165, 1.54) is 5.56 Å². The lowest BCUT2D eigenvalue weighted by Gasteiger charge is -2.26. The third kappa shape index (κ3) is 4.55. The van der Waals surface area contributed by atoms with Gasteiger partial charge in [-0.3, -0.25) is 9.69 Å². The molecule has 1 atom stereocenters. The molecule has 1 aliphatic rings. The molecule has 0 aliphatic carbocycles. The van der Waals surface area contributed by atoms with Crippen LogP contribution in [0.15, 0.2) is 24.3 Å². The smallest absolute Gasteiger partial charge is 0.238 e. The largest absolute Gasteiger partial charge is 0.325 e. The second kappa shape index (κ2) is 7.57. The summed E-state index contributed by atoms with van der Waals surface area (Å²) in [4.78, 5) is 14.5. The fraction of sp³-hybridized carbons (Fsp3) is 0.588. The Morgan fingerprint density at radius 2 is 2.29 bits per heavy atom. The number of anilines is 1. The second-order valence-corrected chi connectivity index (χ2v) is 6.04. The van der Waals surface area contributed by atoms with Crippen LogP contribution >= 0.6 is 0 Å². The Kier molecular flexibility index (Phi) is 5.76. The summed E-state index contributed by atoms with van der Waals surface area (Å²) in [6, 6.07) is 8.61. The topological polar surface area (TPSA) is 44.4 Å². The van der Waals surface area contributed by atoms with Gasteiger partial charge in [0.25, 0.3) is 0 Å². The van der Waals surface area contributed by atoms with E-state index in [-0.39, 0.29) is 5.91 Å². The average Bonchev–Trinajstić information content (AvgIpc) is 2.99. The number of carbonyl (C=O) groups is 1. The van der Waals surface area contributed by atoms with Crippen molar-refractivity contribution in [1.82, 2.24) is 10.2 Å². The first-order chi connectivity index (χ1) is 10.1. The van der Waals surface area contributed by atoms with Crippen molar-refractivity contribution in [3.05, 3.63) is 29.8 Å². The molecule has 1 aliphatic heterocycles. The van der Waals surface area contributed by atoms with Crippen LogP contribution in [0.4, 0.5) is 5.69 Å². The van der Waals surface area contributed by atoms with Crippen LogP contribution in [0, 0.1) is 0 Å². The molecule has 1 aromatic rings. The highest BCUT2D eigenvalue weighted by atomic mass is 16.2. The Bertz CT molecular complexity index is 467. The summed E-state index contributed by atoms with van der Waals surface area (Å²) < 4.78 is 0. The summed E-state index contributed by atoms with van der Waals surface area (Å²) in [5.74, 6) is 0.545. The minimum absolute atomic E-state index is 0.0738. The van der Waals surface area contributed by atoms with Crippen molar-refractivity contribution in [1.29, 1.82) is 0 Å². The van der Waals surface area contributed by atoms with Crippen molar-refractivity contribution in [2.45, 2.75) is 39.2 Å². The van der Waals surface area contributed by atoms with Gasteiger partial charge in [-0.15, -0.1) is 0 Å². The molecule has 1 heterocycles. The van der Waals surface area contributed by atoms with E-state index in [1.54, 1.807) is 0 Å². The summed E-state index contributed by atoms with van der Waals surface area (Å²) in [6.07, 6.45) is 1.13. The van der Waals surface area contributed by atoms with Crippen LogP contribution in [0.2, 0.25) is 0 Å². The molecule has 1 saturated heterocycles. The first-order valence-corrected chi connectivity index (χ1v) is 7.94. The summed E-state index contributed by atoms with van der Waals surface area (Å²) in [6.45, 7) is 9.86. The van der Waals surface area contributed by atoms with Crippen LogP contribution in [0.3, 0.4) is 0 Å². The quantitative estimate of drug-likeness (QED) is 0.845. The van der Waals surface area contributed by atoms with Crippen molar-refractivity contribution in [2.24, 2.45) is 0 Å². The van der Waals surface area contributed by atoms with Crippen molar-refractivity contribution in [2.75, 3.05) is 31.5 Å². The molecule has 21 heavy (non-hydrogen) atoms. The van der Waals surface area contributed by atoms with E-state index in [0.717, 1.165) is 31.7 Å². The minimum atomic E-state index is 0.0738. The molecule has 2 N–H and O–H groups in total. The lowest BCUT2D eigenvalue weighted by Crippen LogP contribution is -2.41. The maximum absolute atomic E-state index is 12.2. The van der Waals surface area contributed by atoms with Gasteiger partial charge in [-0.1, -0.05) is 32.9 Å². The maximum Gasteiger partial charge on any atom is 0.238 e. The zero-order valence-electron chi connectivity index (χ0n) is 13.4. The van der Waals surface area contributed by atoms with E-state index in [9.17, 15) is 4.79 Å². The van der Waals surface area contributed by atoms with Gasteiger partial charge < -0.3 is 10.6 Å². The Balaban J connectivity index is 1.92. The Hall–Kier alpha value is -1.39. The van der Waals surface area contributed by atoms with Gasteiger partial charge in [-0.05, 0) is 43.1 Å². The number of hydrogen-bond acceptors (Lipinski definition) is 3. The molecule has 0 saturated carbocycles. The predicted molar refractivity (Wildman–Crippen MR) is 87.7 cm³/mol. The Morgan fingerprint density at radius 1 is 1.48 bits per heavy atom. The number of carbonyl (C=O) groups excluding carboxylic acids is 1. The highest BCUT2D eigenvalue weighted by molar-refractivity contribution is 5.92.